The van der Waals surface area contributed by atoms with Gasteiger partial charge in [0.15, 0.2) is 0 Å². The minimum atomic E-state index is -3.58. The molecule has 1 amide bonds. The van der Waals surface area contributed by atoms with E-state index < -0.39 is 21.5 Å². The Labute approximate surface area is 167 Å². The zero-order chi connectivity index (χ0) is 20.8. The van der Waals surface area contributed by atoms with Crippen LogP contribution in [0.4, 0.5) is 0 Å². The molecule has 152 valence electrons. The fourth-order valence-electron chi connectivity index (χ4n) is 3.03. The average molecular weight is 414 g/mol. The van der Waals surface area contributed by atoms with E-state index in [9.17, 15) is 18.3 Å². The van der Waals surface area contributed by atoms with Crippen molar-refractivity contribution in [2.24, 2.45) is 10.8 Å². The second kappa shape index (κ2) is 7.08. The molecule has 0 radical (unpaired) electrons. The highest BCUT2D eigenvalue weighted by Gasteiger charge is 2.42. The maximum Gasteiger partial charge on any atom is 0.273 e. The van der Waals surface area contributed by atoms with E-state index in [1.165, 1.54) is 11.8 Å². The molecule has 1 unspecified atom stereocenters. The van der Waals surface area contributed by atoms with Crippen molar-refractivity contribution < 1.29 is 18.3 Å². The van der Waals surface area contributed by atoms with Crippen LogP contribution in [0.5, 0.6) is 0 Å². The van der Waals surface area contributed by atoms with Crippen LogP contribution in [0.2, 0.25) is 0 Å². The molecule has 1 saturated heterocycles. The number of carbonyl (C=O) groups excluding carboxylic acids is 1. The first-order chi connectivity index (χ1) is 12.0. The lowest BCUT2D eigenvalue weighted by Gasteiger charge is -2.42. The van der Waals surface area contributed by atoms with Gasteiger partial charge in [0.1, 0.15) is 0 Å². The van der Waals surface area contributed by atoms with Crippen molar-refractivity contribution in [3.05, 3.63) is 34.3 Å². The quantitative estimate of drug-likeness (QED) is 0.702. The molecule has 5 nitrogen and oxygen atoms in total. The molecule has 1 atom stereocenters. The van der Waals surface area contributed by atoms with Crippen molar-refractivity contribution in [3.8, 4) is 0 Å². The van der Waals surface area contributed by atoms with E-state index in [4.69, 9.17) is 0 Å². The molecular weight excluding hydrogens is 382 g/mol. The minimum absolute atomic E-state index is 0.161. The second-order valence-electron chi connectivity index (χ2n) is 9.42. The summed E-state index contributed by atoms with van der Waals surface area (Å²) in [6, 6.07) is 0. The first-order valence-electron chi connectivity index (χ1n) is 9.07. The van der Waals surface area contributed by atoms with E-state index in [1.54, 1.807) is 6.08 Å². The van der Waals surface area contributed by atoms with Crippen molar-refractivity contribution in [2.75, 3.05) is 18.6 Å². The summed E-state index contributed by atoms with van der Waals surface area (Å²) in [7, 11) is -3.58. The number of sulfonamides is 1. The number of aliphatic hydroxyl groups is 1. The highest BCUT2D eigenvalue weighted by atomic mass is 32.2. The number of nitrogens with zero attached hydrogens (tertiary/aromatic N) is 1. The fourth-order valence-corrected chi connectivity index (χ4v) is 4.99. The Balaban J connectivity index is 2.48. The van der Waals surface area contributed by atoms with Crippen LogP contribution in [0.3, 0.4) is 0 Å². The zero-order valence-electron chi connectivity index (χ0n) is 17.3. The Bertz CT molecular complexity index is 823. The Morgan fingerprint density at radius 1 is 1.22 bits per heavy atom. The average Bonchev–Trinajstić information content (AvgIpc) is 2.45. The van der Waals surface area contributed by atoms with Crippen molar-refractivity contribution in [3.63, 3.8) is 0 Å². The molecule has 0 aromatic carbocycles. The van der Waals surface area contributed by atoms with Crippen LogP contribution in [0.15, 0.2) is 34.3 Å². The van der Waals surface area contributed by atoms with Gasteiger partial charge in [0, 0.05) is 18.7 Å². The van der Waals surface area contributed by atoms with Crippen molar-refractivity contribution in [1.29, 1.82) is 0 Å². The molecule has 2 rings (SSSR count). The summed E-state index contributed by atoms with van der Waals surface area (Å²) < 4.78 is 24.6. The molecule has 27 heavy (non-hydrogen) atoms. The van der Waals surface area contributed by atoms with Gasteiger partial charge in [0.05, 0.1) is 16.8 Å². The standard InChI is InChI=1S/C20H31NO4S2/c1-18(2,3)15-10-14(12-20(23,13-15)19(4,5)6)11-16-17(22)21(8-9-26-16)27(7,24)25/h10-11,13,23H,8-9,12H2,1-7H3. The molecule has 1 heterocycles. The predicted octanol–water partition coefficient (Wildman–Crippen LogP) is 3.49. The smallest absolute Gasteiger partial charge is 0.273 e. The molecule has 0 spiro atoms. The Morgan fingerprint density at radius 3 is 2.30 bits per heavy atom. The van der Waals surface area contributed by atoms with Gasteiger partial charge in [-0.25, -0.2) is 12.7 Å². The van der Waals surface area contributed by atoms with Gasteiger partial charge < -0.3 is 5.11 Å². The van der Waals surface area contributed by atoms with E-state index >= 15 is 0 Å². The first-order valence-corrected chi connectivity index (χ1v) is 11.9. The maximum absolute atomic E-state index is 12.6. The van der Waals surface area contributed by atoms with Gasteiger partial charge in [-0.05, 0) is 34.1 Å². The van der Waals surface area contributed by atoms with Gasteiger partial charge in [-0.15, -0.1) is 11.8 Å². The van der Waals surface area contributed by atoms with Crippen LogP contribution in [0.25, 0.3) is 0 Å². The molecular formula is C20H31NO4S2. The lowest BCUT2D eigenvalue weighted by Crippen LogP contribution is -2.43. The number of amides is 1. The van der Waals surface area contributed by atoms with Crippen LogP contribution in [0.1, 0.15) is 48.0 Å². The summed E-state index contributed by atoms with van der Waals surface area (Å²) in [5.41, 5.74) is 0.253. The highest BCUT2D eigenvalue weighted by Crippen LogP contribution is 2.44. The van der Waals surface area contributed by atoms with Crippen LogP contribution < -0.4 is 0 Å². The van der Waals surface area contributed by atoms with Crippen LogP contribution in [-0.2, 0) is 14.8 Å². The SMILES string of the molecule is CC(C)(C)C1=CC(O)(C(C)(C)C)CC(C=C2SCCN(S(C)(=O)=O)C2=O)=C1. The van der Waals surface area contributed by atoms with Gasteiger partial charge >= 0.3 is 0 Å². The first kappa shape index (κ1) is 22.2. The summed E-state index contributed by atoms with van der Waals surface area (Å²) in [6.07, 6.45) is 7.14. The molecule has 0 saturated carbocycles. The molecule has 0 bridgehead atoms. The molecule has 0 aromatic rings. The van der Waals surface area contributed by atoms with Gasteiger partial charge in [-0.2, -0.15) is 0 Å². The van der Waals surface area contributed by atoms with Gasteiger partial charge in [-0.1, -0.05) is 47.6 Å². The minimum Gasteiger partial charge on any atom is -0.385 e. The van der Waals surface area contributed by atoms with Crippen LogP contribution >= 0.6 is 11.8 Å². The van der Waals surface area contributed by atoms with Gasteiger partial charge in [0.25, 0.3) is 5.91 Å². The largest absolute Gasteiger partial charge is 0.385 e. The van der Waals surface area contributed by atoms with E-state index in [-0.39, 0.29) is 17.4 Å². The summed E-state index contributed by atoms with van der Waals surface area (Å²) >= 11 is 1.36. The Hall–Kier alpha value is -1.05. The zero-order valence-corrected chi connectivity index (χ0v) is 18.9. The number of thioether (sulfide) groups is 1. The van der Waals surface area contributed by atoms with E-state index in [0.717, 1.165) is 21.7 Å². The lowest BCUT2D eigenvalue weighted by atomic mass is 9.67. The lowest BCUT2D eigenvalue weighted by molar-refractivity contribution is -0.121. The monoisotopic (exact) mass is 413 g/mol. The normalized spacial score (nSPS) is 26.9. The third-order valence-electron chi connectivity index (χ3n) is 5.08. The molecule has 1 fully saturated rings. The molecule has 7 heteroatoms. The molecule has 1 aliphatic heterocycles. The van der Waals surface area contributed by atoms with Crippen molar-refractivity contribution in [2.45, 2.75) is 53.6 Å². The summed E-state index contributed by atoms with van der Waals surface area (Å²) in [5, 5.41) is 11.3. The second-order valence-corrected chi connectivity index (χ2v) is 12.5. The fraction of sp³-hybridized carbons (Fsp3) is 0.650. The number of hydrogen-bond acceptors (Lipinski definition) is 5. The third kappa shape index (κ3) is 4.87. The summed E-state index contributed by atoms with van der Waals surface area (Å²) in [5.74, 6) is 0.0458. The van der Waals surface area contributed by atoms with Crippen LogP contribution in [-0.4, -0.2) is 47.9 Å². The van der Waals surface area contributed by atoms with E-state index in [2.05, 4.69) is 20.8 Å². The van der Waals surface area contributed by atoms with Crippen molar-refractivity contribution >= 4 is 27.7 Å². The highest BCUT2D eigenvalue weighted by molar-refractivity contribution is 8.04. The van der Waals surface area contributed by atoms with Crippen LogP contribution in [0, 0.1) is 10.8 Å². The van der Waals surface area contributed by atoms with Gasteiger partial charge in [0.2, 0.25) is 10.0 Å². The molecule has 2 aliphatic rings. The van der Waals surface area contributed by atoms with E-state index in [1.807, 2.05) is 32.9 Å². The Kier molecular flexibility index (Phi) is 5.83. The molecule has 1 N–H and O–H groups in total. The third-order valence-corrected chi connectivity index (χ3v) is 7.22. The number of hydrogen-bond donors (Lipinski definition) is 1. The number of rotatable bonds is 2. The summed E-state index contributed by atoms with van der Waals surface area (Å²) in [4.78, 5) is 13.0. The molecule has 1 aliphatic carbocycles. The number of carbonyl (C=O) groups is 1. The van der Waals surface area contributed by atoms with E-state index in [0.29, 0.717) is 17.1 Å². The predicted molar refractivity (Wildman–Crippen MR) is 112 cm³/mol. The van der Waals surface area contributed by atoms with Crippen molar-refractivity contribution in [1.82, 2.24) is 4.31 Å². The summed E-state index contributed by atoms with van der Waals surface area (Å²) in [6.45, 7) is 12.4. The number of allylic oxidation sites excluding steroid dienone is 3. The Morgan fingerprint density at radius 2 is 1.81 bits per heavy atom. The topological polar surface area (TPSA) is 74.7 Å². The maximum atomic E-state index is 12.6. The van der Waals surface area contributed by atoms with Gasteiger partial charge in [-0.3, -0.25) is 4.79 Å². The molecule has 0 aromatic heterocycles.